The minimum Gasteiger partial charge on any atom is -0.311 e. The summed E-state index contributed by atoms with van der Waals surface area (Å²) >= 11 is 0. The molecule has 0 rings (SSSR count). The van der Waals surface area contributed by atoms with E-state index in [0.29, 0.717) is 11.5 Å². The molecule has 1 atom stereocenters. The van der Waals surface area contributed by atoms with Crippen molar-refractivity contribution in [2.45, 2.75) is 73.4 Å². The molecule has 0 spiro atoms. The molecule has 0 saturated carbocycles. The highest BCUT2D eigenvalue weighted by atomic mass is 15.2. The molecule has 0 saturated heterocycles. The standard InChI is InChI=1S/C15H34N2/c1-9-13(3)17(10-2)12-15(7,8)11-16-14(4,5)6/h13,16H,9-12H2,1-8H3. The molecule has 0 radical (unpaired) electrons. The molecule has 0 aromatic heterocycles. The zero-order valence-corrected chi connectivity index (χ0v) is 13.4. The van der Waals surface area contributed by atoms with Gasteiger partial charge in [0.2, 0.25) is 0 Å². The summed E-state index contributed by atoms with van der Waals surface area (Å²) in [6, 6.07) is 0.689. The first-order valence-corrected chi connectivity index (χ1v) is 7.10. The van der Waals surface area contributed by atoms with Gasteiger partial charge in [0.15, 0.2) is 0 Å². The lowest BCUT2D eigenvalue weighted by atomic mass is 9.90. The first kappa shape index (κ1) is 16.9. The van der Waals surface area contributed by atoms with E-state index in [1.807, 2.05) is 0 Å². The molecular formula is C15H34N2. The second-order valence-corrected chi connectivity index (χ2v) is 7.09. The minimum absolute atomic E-state index is 0.213. The van der Waals surface area contributed by atoms with Crippen LogP contribution in [0, 0.1) is 5.41 Å². The molecule has 0 bridgehead atoms. The van der Waals surface area contributed by atoms with Crippen molar-refractivity contribution < 1.29 is 0 Å². The highest BCUT2D eigenvalue weighted by Crippen LogP contribution is 2.19. The van der Waals surface area contributed by atoms with E-state index in [1.54, 1.807) is 0 Å². The second-order valence-electron chi connectivity index (χ2n) is 7.09. The maximum Gasteiger partial charge on any atom is 0.00967 e. The molecule has 0 fully saturated rings. The molecule has 0 aliphatic rings. The van der Waals surface area contributed by atoms with E-state index in [0.717, 1.165) is 13.1 Å². The van der Waals surface area contributed by atoms with E-state index in [9.17, 15) is 0 Å². The summed E-state index contributed by atoms with van der Waals surface area (Å²) < 4.78 is 0. The van der Waals surface area contributed by atoms with Gasteiger partial charge in [-0.05, 0) is 46.1 Å². The van der Waals surface area contributed by atoms with Crippen molar-refractivity contribution in [3.05, 3.63) is 0 Å². The Morgan fingerprint density at radius 3 is 1.94 bits per heavy atom. The summed E-state index contributed by atoms with van der Waals surface area (Å²) in [6.07, 6.45) is 1.23. The van der Waals surface area contributed by atoms with E-state index in [2.05, 4.69) is 65.6 Å². The van der Waals surface area contributed by atoms with Crippen molar-refractivity contribution >= 4 is 0 Å². The SMILES string of the molecule is CCC(C)N(CC)CC(C)(C)CNC(C)(C)C. The predicted molar refractivity (Wildman–Crippen MR) is 78.5 cm³/mol. The van der Waals surface area contributed by atoms with E-state index in [1.165, 1.54) is 13.0 Å². The van der Waals surface area contributed by atoms with Crippen molar-refractivity contribution in [1.82, 2.24) is 10.2 Å². The molecule has 0 heterocycles. The van der Waals surface area contributed by atoms with Crippen LogP contribution >= 0.6 is 0 Å². The lowest BCUT2D eigenvalue weighted by Crippen LogP contribution is -2.47. The van der Waals surface area contributed by atoms with Gasteiger partial charge < -0.3 is 10.2 Å². The van der Waals surface area contributed by atoms with E-state index < -0.39 is 0 Å². The topological polar surface area (TPSA) is 15.3 Å². The zero-order valence-electron chi connectivity index (χ0n) is 13.4. The fourth-order valence-electron chi connectivity index (χ4n) is 1.95. The first-order chi connectivity index (χ1) is 7.61. The lowest BCUT2D eigenvalue weighted by molar-refractivity contribution is 0.132. The van der Waals surface area contributed by atoms with Gasteiger partial charge >= 0.3 is 0 Å². The van der Waals surface area contributed by atoms with E-state index >= 15 is 0 Å². The molecule has 0 amide bonds. The van der Waals surface area contributed by atoms with Gasteiger partial charge in [0.1, 0.15) is 0 Å². The van der Waals surface area contributed by atoms with E-state index in [-0.39, 0.29) is 5.54 Å². The molecule has 2 heteroatoms. The van der Waals surface area contributed by atoms with Gasteiger partial charge in [0.25, 0.3) is 0 Å². The smallest absolute Gasteiger partial charge is 0.00967 e. The number of nitrogens with one attached hydrogen (secondary N) is 1. The second kappa shape index (κ2) is 6.75. The van der Waals surface area contributed by atoms with Crippen LogP contribution in [0.3, 0.4) is 0 Å². The molecule has 0 aromatic rings. The summed E-state index contributed by atoms with van der Waals surface area (Å²) in [5.74, 6) is 0. The Labute approximate surface area is 109 Å². The van der Waals surface area contributed by atoms with Crippen molar-refractivity contribution in [2.24, 2.45) is 5.41 Å². The third-order valence-electron chi connectivity index (χ3n) is 3.35. The van der Waals surface area contributed by atoms with Crippen molar-refractivity contribution in [3.63, 3.8) is 0 Å². The summed E-state index contributed by atoms with van der Waals surface area (Å²) in [6.45, 7) is 21.7. The van der Waals surface area contributed by atoms with Crippen molar-refractivity contribution in [2.75, 3.05) is 19.6 Å². The lowest BCUT2D eigenvalue weighted by Gasteiger charge is -2.37. The highest BCUT2D eigenvalue weighted by Gasteiger charge is 2.24. The predicted octanol–water partition coefficient (Wildman–Crippen LogP) is 3.52. The van der Waals surface area contributed by atoms with Crippen LogP contribution in [0.1, 0.15) is 61.8 Å². The van der Waals surface area contributed by atoms with Crippen LogP contribution in [-0.2, 0) is 0 Å². The Balaban J connectivity index is 4.30. The summed E-state index contributed by atoms with van der Waals surface area (Å²) in [5, 5.41) is 3.62. The van der Waals surface area contributed by atoms with Crippen LogP contribution in [0.4, 0.5) is 0 Å². The summed E-state index contributed by atoms with van der Waals surface area (Å²) in [4.78, 5) is 2.59. The van der Waals surface area contributed by atoms with Crippen LogP contribution in [-0.4, -0.2) is 36.1 Å². The molecule has 0 aromatic carbocycles. The molecule has 1 N–H and O–H groups in total. The number of nitrogens with zero attached hydrogens (tertiary/aromatic N) is 1. The summed E-state index contributed by atoms with van der Waals surface area (Å²) in [5.41, 5.74) is 0.539. The fraction of sp³-hybridized carbons (Fsp3) is 1.00. The van der Waals surface area contributed by atoms with Crippen molar-refractivity contribution in [3.8, 4) is 0 Å². The van der Waals surface area contributed by atoms with Gasteiger partial charge in [-0.3, -0.25) is 0 Å². The molecule has 0 aliphatic heterocycles. The largest absolute Gasteiger partial charge is 0.311 e. The Kier molecular flexibility index (Phi) is 6.71. The van der Waals surface area contributed by atoms with Crippen LogP contribution in [0.2, 0.25) is 0 Å². The maximum absolute atomic E-state index is 3.62. The van der Waals surface area contributed by atoms with Gasteiger partial charge in [-0.1, -0.05) is 27.7 Å². The molecule has 17 heavy (non-hydrogen) atoms. The fourth-order valence-corrected chi connectivity index (χ4v) is 1.95. The van der Waals surface area contributed by atoms with Crippen LogP contribution < -0.4 is 5.32 Å². The van der Waals surface area contributed by atoms with Gasteiger partial charge in [-0.15, -0.1) is 0 Å². The Bertz CT molecular complexity index is 203. The van der Waals surface area contributed by atoms with Gasteiger partial charge in [-0.2, -0.15) is 0 Å². The zero-order chi connectivity index (χ0) is 13.7. The summed E-state index contributed by atoms with van der Waals surface area (Å²) in [7, 11) is 0. The maximum atomic E-state index is 3.62. The average Bonchev–Trinajstić information content (AvgIpc) is 2.21. The van der Waals surface area contributed by atoms with E-state index in [4.69, 9.17) is 0 Å². The quantitative estimate of drug-likeness (QED) is 0.735. The number of rotatable bonds is 7. The average molecular weight is 242 g/mol. The van der Waals surface area contributed by atoms with Crippen LogP contribution in [0.5, 0.6) is 0 Å². The molecule has 104 valence electrons. The number of hydrogen-bond acceptors (Lipinski definition) is 2. The van der Waals surface area contributed by atoms with Crippen molar-refractivity contribution in [1.29, 1.82) is 0 Å². The Morgan fingerprint density at radius 2 is 1.59 bits per heavy atom. The normalized spacial score (nSPS) is 15.4. The first-order valence-electron chi connectivity index (χ1n) is 7.10. The Hall–Kier alpha value is -0.0800. The molecular weight excluding hydrogens is 208 g/mol. The van der Waals surface area contributed by atoms with Gasteiger partial charge in [0, 0.05) is 24.7 Å². The number of hydrogen-bond donors (Lipinski definition) is 1. The molecule has 2 nitrogen and oxygen atoms in total. The van der Waals surface area contributed by atoms with Crippen LogP contribution in [0.25, 0.3) is 0 Å². The highest BCUT2D eigenvalue weighted by molar-refractivity contribution is 4.82. The van der Waals surface area contributed by atoms with Gasteiger partial charge in [-0.25, -0.2) is 0 Å². The van der Waals surface area contributed by atoms with Gasteiger partial charge in [0.05, 0.1) is 0 Å². The van der Waals surface area contributed by atoms with Crippen LogP contribution in [0.15, 0.2) is 0 Å². The molecule has 0 aliphatic carbocycles. The minimum atomic E-state index is 0.213. The molecule has 1 unspecified atom stereocenters. The monoisotopic (exact) mass is 242 g/mol. The third kappa shape index (κ3) is 7.77. The Morgan fingerprint density at radius 1 is 1.06 bits per heavy atom. The third-order valence-corrected chi connectivity index (χ3v) is 3.35.